The highest BCUT2D eigenvalue weighted by molar-refractivity contribution is 5.89. The van der Waals surface area contributed by atoms with Crippen molar-refractivity contribution in [2.24, 2.45) is 5.92 Å². The van der Waals surface area contributed by atoms with Crippen LogP contribution in [0.4, 0.5) is 0 Å². The van der Waals surface area contributed by atoms with Crippen LogP contribution in [0, 0.1) is 5.92 Å². The third-order valence-electron chi connectivity index (χ3n) is 4.08. The lowest BCUT2D eigenvalue weighted by Crippen LogP contribution is -2.45. The van der Waals surface area contributed by atoms with E-state index in [0.29, 0.717) is 37.8 Å². The SMILES string of the molecule is CCCc1nc(C(C)(C)NC(=O)[C@H]2CC(=O)N(CCOC)C2)no1. The van der Waals surface area contributed by atoms with E-state index < -0.39 is 5.54 Å². The summed E-state index contributed by atoms with van der Waals surface area (Å²) in [7, 11) is 1.59. The van der Waals surface area contributed by atoms with Crippen molar-refractivity contribution in [3.05, 3.63) is 11.7 Å². The van der Waals surface area contributed by atoms with Crippen molar-refractivity contribution < 1.29 is 18.8 Å². The maximum absolute atomic E-state index is 12.5. The van der Waals surface area contributed by atoms with Gasteiger partial charge < -0.3 is 19.5 Å². The fourth-order valence-corrected chi connectivity index (χ4v) is 2.66. The molecule has 1 fully saturated rings. The number of aryl methyl sites for hydroxylation is 1. The molecule has 1 saturated heterocycles. The normalized spacial score (nSPS) is 18.2. The third-order valence-corrected chi connectivity index (χ3v) is 4.08. The summed E-state index contributed by atoms with van der Waals surface area (Å²) in [5.74, 6) is 0.456. The Morgan fingerprint density at radius 2 is 2.25 bits per heavy atom. The number of amides is 2. The molecule has 2 amide bonds. The second-order valence-electron chi connectivity index (χ2n) is 6.61. The molecule has 1 aromatic rings. The van der Waals surface area contributed by atoms with Gasteiger partial charge in [-0.2, -0.15) is 4.98 Å². The van der Waals surface area contributed by atoms with E-state index in [1.165, 1.54) is 0 Å². The third kappa shape index (κ3) is 4.31. The zero-order valence-electron chi connectivity index (χ0n) is 14.8. The molecule has 8 nitrogen and oxygen atoms in total. The van der Waals surface area contributed by atoms with Gasteiger partial charge in [0.25, 0.3) is 0 Å². The molecule has 134 valence electrons. The molecule has 0 spiro atoms. The molecule has 1 aliphatic rings. The lowest BCUT2D eigenvalue weighted by Gasteiger charge is -2.24. The predicted molar refractivity (Wildman–Crippen MR) is 86.0 cm³/mol. The van der Waals surface area contributed by atoms with Gasteiger partial charge in [-0.25, -0.2) is 0 Å². The van der Waals surface area contributed by atoms with Crippen molar-refractivity contribution in [2.75, 3.05) is 26.8 Å². The molecular weight excluding hydrogens is 312 g/mol. The monoisotopic (exact) mass is 338 g/mol. The van der Waals surface area contributed by atoms with Crippen LogP contribution in [0.5, 0.6) is 0 Å². The summed E-state index contributed by atoms with van der Waals surface area (Å²) in [5, 5.41) is 6.89. The topological polar surface area (TPSA) is 97.6 Å². The molecule has 0 radical (unpaired) electrons. The van der Waals surface area contributed by atoms with E-state index in [4.69, 9.17) is 9.26 Å². The molecule has 1 N–H and O–H groups in total. The van der Waals surface area contributed by atoms with Crippen LogP contribution in [-0.4, -0.2) is 53.7 Å². The van der Waals surface area contributed by atoms with Crippen molar-refractivity contribution in [3.8, 4) is 0 Å². The molecule has 0 unspecified atom stereocenters. The van der Waals surface area contributed by atoms with Crippen molar-refractivity contribution in [3.63, 3.8) is 0 Å². The lowest BCUT2D eigenvalue weighted by atomic mass is 10.0. The van der Waals surface area contributed by atoms with Gasteiger partial charge in [0, 0.05) is 33.0 Å². The van der Waals surface area contributed by atoms with Crippen molar-refractivity contribution >= 4 is 11.8 Å². The highest BCUT2D eigenvalue weighted by Gasteiger charge is 2.37. The quantitative estimate of drug-likeness (QED) is 0.755. The summed E-state index contributed by atoms with van der Waals surface area (Å²) in [6.07, 6.45) is 1.84. The number of hydrogen-bond acceptors (Lipinski definition) is 6. The Balaban J connectivity index is 1.96. The van der Waals surface area contributed by atoms with Crippen LogP contribution >= 0.6 is 0 Å². The summed E-state index contributed by atoms with van der Waals surface area (Å²) >= 11 is 0. The first-order chi connectivity index (χ1) is 11.4. The largest absolute Gasteiger partial charge is 0.383 e. The van der Waals surface area contributed by atoms with Crippen LogP contribution in [0.3, 0.4) is 0 Å². The molecule has 1 aromatic heterocycles. The first kappa shape index (κ1) is 18.4. The first-order valence-corrected chi connectivity index (χ1v) is 8.29. The first-order valence-electron chi connectivity index (χ1n) is 8.29. The zero-order chi connectivity index (χ0) is 17.7. The number of nitrogens with zero attached hydrogens (tertiary/aromatic N) is 3. The number of ether oxygens (including phenoxy) is 1. The van der Waals surface area contributed by atoms with Gasteiger partial charge in [0.15, 0.2) is 5.82 Å². The molecule has 24 heavy (non-hydrogen) atoms. The highest BCUT2D eigenvalue weighted by Crippen LogP contribution is 2.22. The Morgan fingerprint density at radius 3 is 2.92 bits per heavy atom. The molecule has 0 aromatic carbocycles. The summed E-state index contributed by atoms with van der Waals surface area (Å²) in [6, 6.07) is 0. The smallest absolute Gasteiger partial charge is 0.226 e. The fraction of sp³-hybridized carbons (Fsp3) is 0.750. The number of methoxy groups -OCH3 is 1. The summed E-state index contributed by atoms with van der Waals surface area (Å²) in [5.41, 5.74) is -0.754. The Bertz CT molecular complexity index is 584. The van der Waals surface area contributed by atoms with Crippen LogP contribution in [0.1, 0.15) is 45.3 Å². The molecule has 2 heterocycles. The number of carbonyl (C=O) groups excluding carboxylic acids is 2. The van der Waals surface area contributed by atoms with E-state index in [9.17, 15) is 9.59 Å². The van der Waals surface area contributed by atoms with Gasteiger partial charge in [-0.3, -0.25) is 9.59 Å². The Hall–Kier alpha value is -1.96. The van der Waals surface area contributed by atoms with Gasteiger partial charge in [0.05, 0.1) is 18.1 Å². The second-order valence-corrected chi connectivity index (χ2v) is 6.61. The van der Waals surface area contributed by atoms with E-state index in [1.807, 2.05) is 20.8 Å². The maximum Gasteiger partial charge on any atom is 0.226 e. The van der Waals surface area contributed by atoms with Crippen LogP contribution in [-0.2, 0) is 26.3 Å². The Morgan fingerprint density at radius 1 is 1.50 bits per heavy atom. The van der Waals surface area contributed by atoms with Crippen LogP contribution in [0.15, 0.2) is 4.52 Å². The van der Waals surface area contributed by atoms with Gasteiger partial charge >= 0.3 is 0 Å². The summed E-state index contributed by atoms with van der Waals surface area (Å²) < 4.78 is 10.2. The number of likely N-dealkylation sites (tertiary alicyclic amines) is 1. The average Bonchev–Trinajstić information content (AvgIpc) is 3.12. The maximum atomic E-state index is 12.5. The van der Waals surface area contributed by atoms with Crippen LogP contribution in [0.2, 0.25) is 0 Å². The summed E-state index contributed by atoms with van der Waals surface area (Å²) in [4.78, 5) is 30.5. The van der Waals surface area contributed by atoms with E-state index in [0.717, 1.165) is 6.42 Å². The standard InChI is InChI=1S/C16H26N4O4/c1-5-6-12-17-15(19-24-12)16(2,3)18-14(22)11-9-13(21)20(10-11)7-8-23-4/h11H,5-10H2,1-4H3,(H,18,22)/t11-/m0/s1. The second kappa shape index (κ2) is 7.74. The Labute approximate surface area is 141 Å². The molecule has 0 aliphatic carbocycles. The van der Waals surface area contributed by atoms with E-state index in [2.05, 4.69) is 15.5 Å². The number of hydrogen-bond donors (Lipinski definition) is 1. The average molecular weight is 338 g/mol. The number of aromatic nitrogens is 2. The van der Waals surface area contributed by atoms with Crippen molar-refractivity contribution in [1.82, 2.24) is 20.4 Å². The van der Waals surface area contributed by atoms with E-state index >= 15 is 0 Å². The molecule has 1 aliphatic heterocycles. The minimum atomic E-state index is -0.754. The van der Waals surface area contributed by atoms with Gasteiger partial charge in [-0.1, -0.05) is 12.1 Å². The highest BCUT2D eigenvalue weighted by atomic mass is 16.5. The molecule has 0 bridgehead atoms. The van der Waals surface area contributed by atoms with Crippen LogP contribution in [0.25, 0.3) is 0 Å². The van der Waals surface area contributed by atoms with Crippen molar-refractivity contribution in [2.45, 2.75) is 45.6 Å². The Kier molecular flexibility index (Phi) is 5.93. The number of carbonyl (C=O) groups is 2. The van der Waals surface area contributed by atoms with Gasteiger partial charge in [0.2, 0.25) is 17.7 Å². The zero-order valence-corrected chi connectivity index (χ0v) is 14.8. The van der Waals surface area contributed by atoms with E-state index in [1.54, 1.807) is 12.0 Å². The van der Waals surface area contributed by atoms with E-state index in [-0.39, 0.29) is 24.2 Å². The number of nitrogens with one attached hydrogen (secondary N) is 1. The molecule has 1 atom stereocenters. The molecular formula is C16H26N4O4. The fourth-order valence-electron chi connectivity index (χ4n) is 2.66. The minimum Gasteiger partial charge on any atom is -0.383 e. The molecule has 0 saturated carbocycles. The molecule has 2 rings (SSSR count). The van der Waals surface area contributed by atoms with Gasteiger partial charge in [0.1, 0.15) is 0 Å². The lowest BCUT2D eigenvalue weighted by molar-refractivity contribution is -0.129. The molecule has 8 heteroatoms. The van der Waals surface area contributed by atoms with Crippen molar-refractivity contribution in [1.29, 1.82) is 0 Å². The van der Waals surface area contributed by atoms with Gasteiger partial charge in [-0.05, 0) is 20.3 Å². The minimum absolute atomic E-state index is 0.0187. The summed E-state index contributed by atoms with van der Waals surface area (Å²) in [6.45, 7) is 7.07. The predicted octanol–water partition coefficient (Wildman–Crippen LogP) is 0.868. The van der Waals surface area contributed by atoms with Crippen LogP contribution < -0.4 is 5.32 Å². The number of rotatable bonds is 8. The van der Waals surface area contributed by atoms with Gasteiger partial charge in [-0.15, -0.1) is 0 Å².